The van der Waals surface area contributed by atoms with Crippen molar-refractivity contribution in [3.05, 3.63) is 61.8 Å². The molecule has 144 valence electrons. The third kappa shape index (κ3) is 4.95. The summed E-state index contributed by atoms with van der Waals surface area (Å²) in [6.07, 6.45) is 3.65. The molecule has 0 radical (unpaired) electrons. The van der Waals surface area contributed by atoms with E-state index in [2.05, 4.69) is 16.9 Å². The van der Waals surface area contributed by atoms with Crippen molar-refractivity contribution in [1.29, 1.82) is 0 Å². The number of hydrogen-bond acceptors (Lipinski definition) is 3. The number of aromatic nitrogens is 4. The molecule has 1 aromatic carbocycles. The molecule has 28 heavy (non-hydrogen) atoms. The molecule has 0 aliphatic rings. The maximum Gasteiger partial charge on any atom is 1.00 e. The van der Waals surface area contributed by atoms with Gasteiger partial charge in [0.2, 0.25) is 0 Å². The van der Waals surface area contributed by atoms with Gasteiger partial charge in [-0.3, -0.25) is 13.9 Å². The van der Waals surface area contributed by atoms with Crippen molar-refractivity contribution in [2.75, 3.05) is 0 Å². The summed E-state index contributed by atoms with van der Waals surface area (Å²) in [5, 5.41) is -0.0464. The number of halogens is 2. The molecule has 0 saturated heterocycles. The Labute approximate surface area is 189 Å². The zero-order valence-electron chi connectivity index (χ0n) is 16.1. The molecular formula is C19H21ClFN4NaO2. The number of imidazole rings is 1. The Morgan fingerprint density at radius 3 is 2.54 bits per heavy atom. The van der Waals surface area contributed by atoms with Crippen LogP contribution in [0.3, 0.4) is 0 Å². The van der Waals surface area contributed by atoms with Crippen LogP contribution in [0.5, 0.6) is 0 Å². The summed E-state index contributed by atoms with van der Waals surface area (Å²) in [6, 6.07) is 6.49. The van der Waals surface area contributed by atoms with Gasteiger partial charge in [0.05, 0.1) is 0 Å². The normalized spacial score (nSPS) is 11.0. The first-order valence-corrected chi connectivity index (χ1v) is 9.47. The molecule has 3 aromatic rings. The smallest absolute Gasteiger partial charge is 0.420 e. The second-order valence-electron chi connectivity index (χ2n) is 6.46. The van der Waals surface area contributed by atoms with Crippen LogP contribution >= 0.6 is 11.6 Å². The summed E-state index contributed by atoms with van der Waals surface area (Å²) in [5.41, 5.74) is -0.0344. The summed E-state index contributed by atoms with van der Waals surface area (Å²) in [6.45, 7) is 2.70. The topological polar surface area (TPSA) is 71.0 Å². The van der Waals surface area contributed by atoms with Gasteiger partial charge >= 0.3 is 35.2 Å². The quantitative estimate of drug-likeness (QED) is 0.298. The maximum absolute atomic E-state index is 13.8. The molecule has 0 unspecified atom stereocenters. The van der Waals surface area contributed by atoms with Gasteiger partial charge in [-0.2, -0.15) is 0 Å². The molecule has 0 aliphatic carbocycles. The average Bonchev–Trinajstić information content (AvgIpc) is 3.04. The molecule has 0 spiro atoms. The van der Waals surface area contributed by atoms with Crippen molar-refractivity contribution in [3.63, 3.8) is 0 Å². The van der Waals surface area contributed by atoms with Gasteiger partial charge in [-0.15, -0.1) is 0 Å². The fourth-order valence-corrected chi connectivity index (χ4v) is 3.30. The summed E-state index contributed by atoms with van der Waals surface area (Å²) in [5.74, 6) is -0.286. The van der Waals surface area contributed by atoms with Gasteiger partial charge in [-0.1, -0.05) is 49.6 Å². The predicted molar refractivity (Wildman–Crippen MR) is 103 cm³/mol. The van der Waals surface area contributed by atoms with Crippen molar-refractivity contribution >= 4 is 22.8 Å². The van der Waals surface area contributed by atoms with E-state index in [9.17, 15) is 14.0 Å². The molecule has 0 bridgehead atoms. The number of hydrogen-bond donors (Lipinski definition) is 0. The van der Waals surface area contributed by atoms with E-state index in [0.29, 0.717) is 24.9 Å². The van der Waals surface area contributed by atoms with Crippen molar-refractivity contribution in [1.82, 2.24) is 19.1 Å². The molecule has 9 heteroatoms. The van der Waals surface area contributed by atoms with Gasteiger partial charge in [0.15, 0.2) is 0 Å². The van der Waals surface area contributed by atoms with E-state index in [-0.39, 0.29) is 58.4 Å². The molecule has 6 nitrogen and oxygen atoms in total. The fraction of sp³-hybridized carbons (Fsp3) is 0.421. The molecule has 0 atom stereocenters. The minimum absolute atomic E-state index is 0. The second-order valence-corrected chi connectivity index (χ2v) is 6.80. The van der Waals surface area contributed by atoms with Crippen molar-refractivity contribution in [3.8, 4) is 0 Å². The first-order valence-electron chi connectivity index (χ1n) is 9.10. The minimum atomic E-state index is -0.505. The minimum Gasteiger partial charge on any atom is -0.420 e. The predicted octanol–water partition coefficient (Wildman–Crippen LogP) is 0.135. The summed E-state index contributed by atoms with van der Waals surface area (Å²) in [4.78, 5) is 33.6. The van der Waals surface area contributed by atoms with E-state index < -0.39 is 11.2 Å². The molecule has 0 fully saturated rings. The Morgan fingerprint density at radius 2 is 1.82 bits per heavy atom. The van der Waals surface area contributed by atoms with E-state index in [1.807, 2.05) is 0 Å². The van der Waals surface area contributed by atoms with Crippen LogP contribution in [0, 0.1) is 5.82 Å². The Kier molecular flexibility index (Phi) is 8.49. The molecule has 0 saturated carbocycles. The van der Waals surface area contributed by atoms with Crippen LogP contribution in [0.25, 0.3) is 11.2 Å². The zero-order chi connectivity index (χ0) is 19.4. The number of unbranched alkanes of at least 4 members (excludes halogenated alkanes) is 2. The monoisotopic (exact) mass is 414 g/mol. The molecule has 3 rings (SSSR count). The number of fused-ring (bicyclic) bond motifs is 1. The van der Waals surface area contributed by atoms with Crippen LogP contribution in [0.1, 0.15) is 38.2 Å². The standard InChI is InChI=1S/C19H22ClFN4O2.Na/c1-2-3-6-11-24-16-15(22-18(20)23-16)17(26)25(19(24)27)12-7-9-13-8-4-5-10-14(13)21;/h4-5,8,10H,2-3,6-7,9,11-12H2,1H3,(H,22,23,26);/q;+1/p-1. The van der Waals surface area contributed by atoms with Crippen LogP contribution in [-0.4, -0.2) is 14.1 Å². The molecular weight excluding hydrogens is 394 g/mol. The van der Waals surface area contributed by atoms with Crippen LogP contribution in [0.15, 0.2) is 33.9 Å². The fourth-order valence-electron chi connectivity index (χ4n) is 3.14. The van der Waals surface area contributed by atoms with Gasteiger partial charge in [0.25, 0.3) is 5.56 Å². The Morgan fingerprint density at radius 1 is 1.11 bits per heavy atom. The van der Waals surface area contributed by atoms with Gasteiger partial charge in [-0.25, -0.2) is 9.18 Å². The second kappa shape index (κ2) is 10.4. The van der Waals surface area contributed by atoms with Crippen molar-refractivity contribution in [2.45, 2.75) is 52.1 Å². The van der Waals surface area contributed by atoms with Gasteiger partial charge < -0.3 is 9.97 Å². The number of rotatable bonds is 8. The Hall–Kier alpha value is -1.41. The van der Waals surface area contributed by atoms with Crippen LogP contribution in [0.2, 0.25) is 5.28 Å². The molecule has 0 N–H and O–H groups in total. The molecule has 0 aliphatic heterocycles. The van der Waals surface area contributed by atoms with Gasteiger partial charge in [0, 0.05) is 29.5 Å². The molecule has 2 aromatic heterocycles. The van der Waals surface area contributed by atoms with Gasteiger partial charge in [0.1, 0.15) is 5.82 Å². The van der Waals surface area contributed by atoms with E-state index in [0.717, 1.165) is 23.8 Å². The maximum atomic E-state index is 13.8. The Bertz CT molecular complexity index is 1060. The SMILES string of the molecule is CCCCCn1c(=O)n(CCCc2ccccc2F)c(=O)c2[n-]c(Cl)nc21.[Na+]. The van der Waals surface area contributed by atoms with Crippen LogP contribution in [-0.2, 0) is 19.5 Å². The zero-order valence-corrected chi connectivity index (χ0v) is 18.9. The average molecular weight is 415 g/mol. The van der Waals surface area contributed by atoms with Crippen LogP contribution < -0.4 is 45.8 Å². The molecule has 0 amide bonds. The van der Waals surface area contributed by atoms with E-state index >= 15 is 0 Å². The molecule has 2 heterocycles. The van der Waals surface area contributed by atoms with Crippen molar-refractivity contribution in [2.24, 2.45) is 0 Å². The number of aryl methyl sites for hydroxylation is 2. The van der Waals surface area contributed by atoms with E-state index in [1.54, 1.807) is 18.2 Å². The number of benzene rings is 1. The Balaban J connectivity index is 0.00000280. The first-order chi connectivity index (χ1) is 13.0. The third-order valence-electron chi connectivity index (χ3n) is 4.55. The van der Waals surface area contributed by atoms with Crippen molar-refractivity contribution < 1.29 is 33.9 Å². The van der Waals surface area contributed by atoms with Gasteiger partial charge in [-0.05, 0) is 30.9 Å². The number of nitrogens with zero attached hydrogens (tertiary/aromatic N) is 4. The third-order valence-corrected chi connectivity index (χ3v) is 4.72. The first kappa shape index (κ1) is 22.9. The summed E-state index contributed by atoms with van der Waals surface area (Å²) < 4.78 is 16.4. The van der Waals surface area contributed by atoms with E-state index in [1.165, 1.54) is 10.6 Å². The van der Waals surface area contributed by atoms with Crippen LogP contribution in [0.4, 0.5) is 4.39 Å². The summed E-state index contributed by atoms with van der Waals surface area (Å²) in [7, 11) is 0. The largest absolute Gasteiger partial charge is 1.00 e. The van der Waals surface area contributed by atoms with E-state index in [4.69, 9.17) is 11.6 Å². The summed E-state index contributed by atoms with van der Waals surface area (Å²) >= 11 is 5.87.